The maximum Gasteiger partial charge on any atom is 0.0725 e. The fourth-order valence-electron chi connectivity index (χ4n) is 15.1. The summed E-state index contributed by atoms with van der Waals surface area (Å²) in [6.45, 7) is 14.3. The van der Waals surface area contributed by atoms with Gasteiger partial charge in [-0.15, -0.1) is 0 Å². The maximum absolute atomic E-state index is 2.54. The number of anilines is 3. The Bertz CT molecular complexity index is 4820. The quantitative estimate of drug-likeness (QED) is 0.140. The number of hydrogen-bond donors (Lipinski definition) is 0. The van der Waals surface area contributed by atoms with Gasteiger partial charge in [-0.2, -0.15) is 0 Å². The van der Waals surface area contributed by atoms with Gasteiger partial charge in [-0.25, -0.2) is 0 Å². The third-order valence-electron chi connectivity index (χ3n) is 18.9. The minimum Gasteiger partial charge on any atom is -0.310 e. The van der Waals surface area contributed by atoms with Gasteiger partial charge in [0.15, 0.2) is 0 Å². The highest BCUT2D eigenvalue weighted by Gasteiger charge is 2.52. The van der Waals surface area contributed by atoms with Crippen molar-refractivity contribution in [2.45, 2.75) is 59.3 Å². The van der Waals surface area contributed by atoms with Gasteiger partial charge in [0.1, 0.15) is 0 Å². The Kier molecular flexibility index (Phi) is 11.7. The Hall–Kier alpha value is -9.96. The predicted octanol–water partition coefficient (Wildman–Crippen LogP) is 22.6. The summed E-state index contributed by atoms with van der Waals surface area (Å²) in [5, 5.41) is 4.91. The van der Waals surface area contributed by atoms with Crippen LogP contribution in [0.5, 0.6) is 0 Å². The summed E-state index contributed by atoms with van der Waals surface area (Å²) in [7, 11) is 0. The van der Waals surface area contributed by atoms with E-state index in [0.29, 0.717) is 5.92 Å². The second kappa shape index (κ2) is 19.6. The highest BCUT2D eigenvalue weighted by molar-refractivity contribution is 6.12. The summed E-state index contributed by atoms with van der Waals surface area (Å²) in [5.41, 5.74) is 26.9. The van der Waals surface area contributed by atoms with Crippen molar-refractivity contribution in [3.05, 3.63) is 307 Å². The van der Waals surface area contributed by atoms with Crippen LogP contribution in [-0.4, -0.2) is 9.13 Å². The standard InChI is InChI=1S/C83H67N3/c1-81(2,3)53-76(82(4,5)6)58-23-21-22-55(48-58)57-39-45-67-65-29-14-18-33-73(65)83(75(67)50-57)72-32-17-13-28-64(72)66-44-38-56(49-74(66)83)54-36-40-61(41-37-54)84(62-42-46-70-68-30-15-19-34-77(68)85(79(70)51-62)59-24-9-7-10-25-59)63-43-47-71-69-31-16-20-35-78(69)86(80(71)52-63)60-26-11-8-12-27-60/h7-52,76H,53H2,1-6H3. The van der Waals surface area contributed by atoms with Crippen LogP contribution in [0.2, 0.25) is 0 Å². The topological polar surface area (TPSA) is 13.1 Å². The van der Waals surface area contributed by atoms with E-state index in [1.807, 2.05) is 0 Å². The van der Waals surface area contributed by atoms with E-state index >= 15 is 0 Å². The highest BCUT2D eigenvalue weighted by atomic mass is 15.1. The van der Waals surface area contributed by atoms with Crippen LogP contribution >= 0.6 is 0 Å². The molecule has 0 fully saturated rings. The third-order valence-corrected chi connectivity index (χ3v) is 18.9. The molecular weight excluding hydrogens is 1040 g/mol. The number of hydrogen-bond acceptors (Lipinski definition) is 1. The second-order valence-electron chi connectivity index (χ2n) is 26.3. The SMILES string of the molecule is CC(C)(C)CC(c1cccc(-c2ccc3c(c2)C2(c4ccccc4-c4ccc(-c5ccc(N(c6ccc7c8ccccc8n(-c8ccccc8)c7c6)c6ccc7c8ccccc8n(-c8ccccc8)c7c6)cc5)cc42)c2ccccc2-3)c1)C(C)(C)C. The van der Waals surface area contributed by atoms with Gasteiger partial charge in [0.05, 0.1) is 27.5 Å². The van der Waals surface area contributed by atoms with E-state index in [4.69, 9.17) is 0 Å². The lowest BCUT2D eigenvalue weighted by Gasteiger charge is -2.36. The molecule has 2 heterocycles. The summed E-state index contributed by atoms with van der Waals surface area (Å²) < 4.78 is 4.84. The minimum atomic E-state index is -0.514. The van der Waals surface area contributed by atoms with Crippen LogP contribution in [0.4, 0.5) is 17.1 Å². The molecule has 414 valence electrons. The van der Waals surface area contributed by atoms with Crippen LogP contribution < -0.4 is 4.90 Å². The summed E-state index contributed by atoms with van der Waals surface area (Å²) in [6.07, 6.45) is 1.12. The number of benzene rings is 12. The Morgan fingerprint density at radius 1 is 0.326 bits per heavy atom. The van der Waals surface area contributed by atoms with Crippen LogP contribution in [0.1, 0.15) is 81.7 Å². The summed E-state index contributed by atoms with van der Waals surface area (Å²) in [5.74, 6) is 0.420. The largest absolute Gasteiger partial charge is 0.310 e. The fourth-order valence-corrected chi connectivity index (χ4v) is 15.1. The van der Waals surface area contributed by atoms with Gasteiger partial charge in [0.25, 0.3) is 0 Å². The van der Waals surface area contributed by atoms with E-state index in [2.05, 4.69) is 335 Å². The van der Waals surface area contributed by atoms with Crippen molar-refractivity contribution < 1.29 is 0 Å². The number of rotatable bonds is 9. The van der Waals surface area contributed by atoms with Gasteiger partial charge in [0.2, 0.25) is 0 Å². The second-order valence-corrected chi connectivity index (χ2v) is 26.3. The van der Waals surface area contributed by atoms with E-state index in [1.54, 1.807) is 0 Å². The van der Waals surface area contributed by atoms with Crippen molar-refractivity contribution >= 4 is 60.7 Å². The lowest BCUT2D eigenvalue weighted by Crippen LogP contribution is -2.26. The van der Waals surface area contributed by atoms with Gasteiger partial charge < -0.3 is 14.0 Å². The first-order valence-electron chi connectivity index (χ1n) is 30.6. The van der Waals surface area contributed by atoms with Crippen LogP contribution in [-0.2, 0) is 5.41 Å². The minimum absolute atomic E-state index is 0.117. The normalized spacial score (nSPS) is 14.7. The van der Waals surface area contributed by atoms with E-state index in [0.717, 1.165) is 45.9 Å². The molecule has 0 amide bonds. The number of nitrogens with zero attached hydrogens (tertiary/aromatic N) is 3. The molecule has 2 aromatic heterocycles. The third kappa shape index (κ3) is 8.08. The number of fused-ring (bicyclic) bond motifs is 16. The van der Waals surface area contributed by atoms with Crippen molar-refractivity contribution in [1.82, 2.24) is 9.13 Å². The van der Waals surface area contributed by atoms with Gasteiger partial charge in [0, 0.05) is 50.0 Å². The average molecular weight is 1110 g/mol. The molecule has 0 bridgehead atoms. The smallest absolute Gasteiger partial charge is 0.0725 e. The molecule has 0 saturated carbocycles. The molecule has 2 aliphatic rings. The molecule has 2 aliphatic carbocycles. The molecule has 1 spiro atoms. The Morgan fingerprint density at radius 3 is 1.26 bits per heavy atom. The van der Waals surface area contributed by atoms with Crippen molar-refractivity contribution in [3.8, 4) is 55.9 Å². The van der Waals surface area contributed by atoms with E-state index in [1.165, 1.54) is 105 Å². The van der Waals surface area contributed by atoms with Gasteiger partial charge >= 0.3 is 0 Å². The fraction of sp³-hybridized carbons (Fsp3) is 0.133. The maximum atomic E-state index is 2.54. The molecule has 3 nitrogen and oxygen atoms in total. The van der Waals surface area contributed by atoms with Crippen LogP contribution in [0.15, 0.2) is 279 Å². The zero-order valence-corrected chi connectivity index (χ0v) is 49.7. The Balaban J connectivity index is 0.854. The molecule has 2 atom stereocenters. The lowest BCUT2D eigenvalue weighted by molar-refractivity contribution is 0.229. The van der Waals surface area contributed by atoms with Crippen molar-refractivity contribution in [3.63, 3.8) is 0 Å². The first kappa shape index (κ1) is 51.7. The summed E-state index contributed by atoms with van der Waals surface area (Å²) >= 11 is 0. The van der Waals surface area contributed by atoms with Crippen LogP contribution in [0.25, 0.3) is 99.5 Å². The molecule has 16 rings (SSSR count). The van der Waals surface area contributed by atoms with Gasteiger partial charge in [-0.05, 0) is 180 Å². The average Bonchev–Trinajstić information content (AvgIpc) is 1.53. The zero-order valence-electron chi connectivity index (χ0n) is 49.7. The van der Waals surface area contributed by atoms with Crippen LogP contribution in [0, 0.1) is 10.8 Å². The molecule has 86 heavy (non-hydrogen) atoms. The van der Waals surface area contributed by atoms with E-state index in [9.17, 15) is 0 Å². The first-order chi connectivity index (χ1) is 41.9. The summed E-state index contributed by atoms with van der Waals surface area (Å²) in [6, 6.07) is 105. The highest BCUT2D eigenvalue weighted by Crippen LogP contribution is 2.64. The number of para-hydroxylation sites is 4. The van der Waals surface area contributed by atoms with E-state index in [-0.39, 0.29) is 10.8 Å². The van der Waals surface area contributed by atoms with Crippen molar-refractivity contribution in [2.24, 2.45) is 10.8 Å². The predicted molar refractivity (Wildman–Crippen MR) is 363 cm³/mol. The monoisotopic (exact) mass is 1110 g/mol. The first-order valence-corrected chi connectivity index (χ1v) is 30.6. The lowest BCUT2D eigenvalue weighted by atomic mass is 9.68. The molecule has 3 heteroatoms. The molecule has 0 N–H and O–H groups in total. The van der Waals surface area contributed by atoms with Crippen molar-refractivity contribution in [1.29, 1.82) is 0 Å². The molecule has 0 aliphatic heterocycles. The Labute approximate surface area is 504 Å². The van der Waals surface area contributed by atoms with E-state index < -0.39 is 5.41 Å². The van der Waals surface area contributed by atoms with Gasteiger partial charge in [-0.1, -0.05) is 236 Å². The molecule has 12 aromatic carbocycles. The molecule has 14 aromatic rings. The molecule has 0 radical (unpaired) electrons. The number of aromatic nitrogens is 2. The molecule has 0 saturated heterocycles. The molecule has 2 unspecified atom stereocenters. The van der Waals surface area contributed by atoms with Crippen molar-refractivity contribution in [2.75, 3.05) is 4.90 Å². The Morgan fingerprint density at radius 2 is 0.744 bits per heavy atom. The molecular formula is C83H67N3. The zero-order chi connectivity index (χ0) is 58.1. The van der Waals surface area contributed by atoms with Crippen LogP contribution in [0.3, 0.4) is 0 Å². The van der Waals surface area contributed by atoms with Gasteiger partial charge in [-0.3, -0.25) is 0 Å². The summed E-state index contributed by atoms with van der Waals surface area (Å²) in [4.78, 5) is 2.45.